The van der Waals surface area contributed by atoms with Gasteiger partial charge in [-0.25, -0.2) is 10.4 Å². The van der Waals surface area contributed by atoms with Gasteiger partial charge in [-0.1, -0.05) is 53.6 Å². The Morgan fingerprint density at radius 1 is 1.05 bits per heavy atom. The fraction of sp³-hybridized carbons (Fsp3) is 0.0938. The van der Waals surface area contributed by atoms with E-state index in [2.05, 4.69) is 36.8 Å². The fourth-order valence-corrected chi connectivity index (χ4v) is 5.38. The van der Waals surface area contributed by atoms with Crippen molar-refractivity contribution in [1.29, 1.82) is 0 Å². The maximum Gasteiger partial charge on any atom is 0.271 e. The van der Waals surface area contributed by atoms with Crippen molar-refractivity contribution in [2.75, 3.05) is 12.4 Å². The lowest BCUT2D eigenvalue weighted by Crippen LogP contribution is -2.17. The highest BCUT2D eigenvalue weighted by Crippen LogP contribution is 2.37. The van der Waals surface area contributed by atoms with Gasteiger partial charge in [0.05, 0.1) is 23.5 Å². The topological polar surface area (TPSA) is 84.8 Å². The smallest absolute Gasteiger partial charge is 0.271 e. The van der Waals surface area contributed by atoms with E-state index in [1.165, 1.54) is 16.9 Å². The molecule has 4 aromatic carbocycles. The number of carbonyl (C=O) groups is 1. The van der Waals surface area contributed by atoms with Gasteiger partial charge in [0, 0.05) is 27.2 Å². The number of hydrogen-bond acceptors (Lipinski definition) is 7. The van der Waals surface area contributed by atoms with Crippen molar-refractivity contribution >= 4 is 61.8 Å². The number of hydrazone groups is 1. The van der Waals surface area contributed by atoms with Crippen LogP contribution in [0.15, 0.2) is 99.9 Å². The molecule has 0 radical (unpaired) electrons. The molecule has 0 bridgehead atoms. The van der Waals surface area contributed by atoms with E-state index >= 15 is 0 Å². The van der Waals surface area contributed by atoms with Crippen LogP contribution < -0.4 is 20.2 Å². The van der Waals surface area contributed by atoms with Crippen LogP contribution in [0.5, 0.6) is 11.5 Å². The van der Waals surface area contributed by atoms with Gasteiger partial charge in [-0.05, 0) is 82.5 Å². The van der Waals surface area contributed by atoms with Crippen molar-refractivity contribution < 1.29 is 14.3 Å². The second-order valence-corrected chi connectivity index (χ2v) is 11.4. The Labute approximate surface area is 261 Å². The van der Waals surface area contributed by atoms with Gasteiger partial charge in [0.15, 0.2) is 16.6 Å². The lowest BCUT2D eigenvalue weighted by molar-refractivity contribution is 0.0955. The number of methoxy groups -OCH3 is 1. The Morgan fingerprint density at radius 3 is 2.50 bits per heavy atom. The summed E-state index contributed by atoms with van der Waals surface area (Å²) < 4.78 is 12.3. The van der Waals surface area contributed by atoms with Crippen molar-refractivity contribution in [3.63, 3.8) is 0 Å². The fourth-order valence-electron chi connectivity index (χ4n) is 3.94. The van der Waals surface area contributed by atoms with E-state index in [9.17, 15) is 4.79 Å². The molecule has 1 amide bonds. The van der Waals surface area contributed by atoms with E-state index in [1.807, 2.05) is 79.0 Å². The third-order valence-electron chi connectivity index (χ3n) is 6.18. The summed E-state index contributed by atoms with van der Waals surface area (Å²) in [7, 11) is 1.58. The molecule has 0 aliphatic carbocycles. The van der Waals surface area contributed by atoms with Crippen LogP contribution in [0.3, 0.4) is 0 Å². The number of anilines is 2. The summed E-state index contributed by atoms with van der Waals surface area (Å²) in [6, 6.07) is 26.4. The average molecular weight is 662 g/mol. The zero-order valence-electron chi connectivity index (χ0n) is 22.7. The number of amides is 1. The first-order valence-electron chi connectivity index (χ1n) is 12.9. The highest BCUT2D eigenvalue weighted by molar-refractivity contribution is 9.10. The summed E-state index contributed by atoms with van der Waals surface area (Å²) >= 11 is 11.0. The molecule has 1 heterocycles. The number of carbonyl (C=O) groups excluding carboxylic acids is 1. The third-order valence-corrected chi connectivity index (χ3v) is 7.78. The first kappa shape index (κ1) is 29.3. The monoisotopic (exact) mass is 660 g/mol. The average Bonchev–Trinajstić information content (AvgIpc) is 3.47. The summed E-state index contributed by atoms with van der Waals surface area (Å²) in [4.78, 5) is 17.3. The van der Waals surface area contributed by atoms with E-state index in [1.54, 1.807) is 31.5 Å². The molecule has 0 fully saturated rings. The molecule has 0 saturated carbocycles. The predicted molar refractivity (Wildman–Crippen MR) is 174 cm³/mol. The van der Waals surface area contributed by atoms with Crippen LogP contribution in [0, 0.1) is 6.92 Å². The minimum absolute atomic E-state index is 0.328. The molecule has 42 heavy (non-hydrogen) atoms. The molecular formula is C32H26BrClN4O3S. The van der Waals surface area contributed by atoms with Crippen LogP contribution in [0.2, 0.25) is 5.02 Å². The number of aromatic nitrogens is 1. The number of aryl methyl sites for hydroxylation is 1. The number of nitrogens with one attached hydrogen (secondary N) is 2. The Hall–Kier alpha value is -4.18. The summed E-state index contributed by atoms with van der Waals surface area (Å²) in [5.41, 5.74) is 8.64. The molecule has 0 atom stereocenters. The molecule has 212 valence electrons. The lowest BCUT2D eigenvalue weighted by Gasteiger charge is -2.13. The van der Waals surface area contributed by atoms with Crippen molar-refractivity contribution in [1.82, 2.24) is 10.4 Å². The molecule has 0 aliphatic rings. The van der Waals surface area contributed by atoms with E-state index < -0.39 is 0 Å². The van der Waals surface area contributed by atoms with Gasteiger partial charge in [0.2, 0.25) is 0 Å². The maximum atomic E-state index is 12.7. The predicted octanol–water partition coefficient (Wildman–Crippen LogP) is 8.63. The van der Waals surface area contributed by atoms with Crippen LogP contribution in [0.25, 0.3) is 11.3 Å². The summed E-state index contributed by atoms with van der Waals surface area (Å²) in [6.45, 7) is 2.45. The molecule has 0 unspecified atom stereocenters. The van der Waals surface area contributed by atoms with E-state index in [0.29, 0.717) is 33.2 Å². The molecule has 0 aliphatic heterocycles. The van der Waals surface area contributed by atoms with Gasteiger partial charge in [-0.2, -0.15) is 5.10 Å². The van der Waals surface area contributed by atoms with Gasteiger partial charge in [-0.15, -0.1) is 11.3 Å². The SMILES string of the molecule is COc1cc(/C=N\NC(=O)c2ccc(-c3csc(Nc4ccc(Cl)cc4)n3)cc2)cc(Br)c1OCc1ccc(C)cc1. The molecule has 2 N–H and O–H groups in total. The first-order chi connectivity index (χ1) is 20.4. The third kappa shape index (κ3) is 7.55. The molecule has 0 spiro atoms. The maximum absolute atomic E-state index is 12.7. The minimum atomic E-state index is -0.328. The summed E-state index contributed by atoms with van der Waals surface area (Å²) in [5.74, 6) is 0.811. The van der Waals surface area contributed by atoms with Crippen molar-refractivity contribution in [2.24, 2.45) is 5.10 Å². The van der Waals surface area contributed by atoms with Crippen molar-refractivity contribution in [2.45, 2.75) is 13.5 Å². The van der Waals surface area contributed by atoms with Gasteiger partial charge >= 0.3 is 0 Å². The van der Waals surface area contributed by atoms with Gasteiger partial charge in [0.1, 0.15) is 6.61 Å². The second kappa shape index (κ2) is 13.7. The highest BCUT2D eigenvalue weighted by Gasteiger charge is 2.12. The Morgan fingerprint density at radius 2 is 1.79 bits per heavy atom. The van der Waals surface area contributed by atoms with Crippen LogP contribution >= 0.6 is 38.9 Å². The van der Waals surface area contributed by atoms with E-state index in [-0.39, 0.29) is 5.91 Å². The number of hydrogen-bond donors (Lipinski definition) is 2. The van der Waals surface area contributed by atoms with Crippen LogP contribution in [-0.4, -0.2) is 24.2 Å². The van der Waals surface area contributed by atoms with E-state index in [0.717, 1.165) is 33.2 Å². The summed E-state index contributed by atoms with van der Waals surface area (Å²) in [5, 5.41) is 10.8. The number of nitrogens with zero attached hydrogens (tertiary/aromatic N) is 2. The van der Waals surface area contributed by atoms with Crippen LogP contribution in [-0.2, 0) is 6.61 Å². The van der Waals surface area contributed by atoms with Crippen molar-refractivity contribution in [3.8, 4) is 22.8 Å². The largest absolute Gasteiger partial charge is 0.493 e. The molecule has 0 saturated heterocycles. The van der Waals surface area contributed by atoms with Crippen LogP contribution in [0.1, 0.15) is 27.0 Å². The molecule has 5 aromatic rings. The van der Waals surface area contributed by atoms with E-state index in [4.69, 9.17) is 21.1 Å². The number of ether oxygens (including phenoxy) is 2. The Kier molecular flexibility index (Phi) is 9.53. The molecule has 5 rings (SSSR count). The first-order valence-corrected chi connectivity index (χ1v) is 14.9. The van der Waals surface area contributed by atoms with Gasteiger partial charge < -0.3 is 14.8 Å². The molecule has 1 aromatic heterocycles. The number of thiazole rings is 1. The number of benzene rings is 4. The quantitative estimate of drug-likeness (QED) is 0.116. The number of halogens is 2. The Bertz CT molecular complexity index is 1710. The number of rotatable bonds is 10. The molecule has 7 nitrogen and oxygen atoms in total. The Balaban J connectivity index is 1.18. The van der Waals surface area contributed by atoms with Gasteiger partial charge in [0.25, 0.3) is 5.91 Å². The zero-order valence-corrected chi connectivity index (χ0v) is 25.9. The zero-order chi connectivity index (χ0) is 29.5. The lowest BCUT2D eigenvalue weighted by atomic mass is 10.1. The highest BCUT2D eigenvalue weighted by atomic mass is 79.9. The molecular weight excluding hydrogens is 636 g/mol. The van der Waals surface area contributed by atoms with Gasteiger partial charge in [-0.3, -0.25) is 4.79 Å². The summed E-state index contributed by atoms with van der Waals surface area (Å²) in [6.07, 6.45) is 1.55. The molecule has 10 heteroatoms. The standard InChI is InChI=1S/C32H26BrClN4O3S/c1-20-3-5-21(6-4-20)18-41-30-27(33)15-22(16-29(30)40-2)17-35-38-31(39)24-9-7-23(8-10-24)28-19-42-32(37-28)36-26-13-11-25(34)12-14-26/h3-17,19H,18H2,1-2H3,(H,36,37)(H,38,39)/b35-17-. The normalized spacial score (nSPS) is 11.0. The minimum Gasteiger partial charge on any atom is -0.493 e. The second-order valence-electron chi connectivity index (χ2n) is 9.25. The van der Waals surface area contributed by atoms with Crippen molar-refractivity contribution in [3.05, 3.63) is 122 Å². The van der Waals surface area contributed by atoms with Crippen LogP contribution in [0.4, 0.5) is 10.8 Å².